The molecule has 2 aromatic rings. The second kappa shape index (κ2) is 8.78. The number of hydrogen-bond donors (Lipinski definition) is 2. The first-order valence-corrected chi connectivity index (χ1v) is 9.44. The Kier molecular flexibility index (Phi) is 6.43. The third-order valence-corrected chi connectivity index (χ3v) is 5.01. The van der Waals surface area contributed by atoms with Crippen LogP contribution in [0.3, 0.4) is 0 Å². The smallest absolute Gasteiger partial charge is 0.226 e. The van der Waals surface area contributed by atoms with Crippen molar-refractivity contribution in [1.29, 1.82) is 0 Å². The highest BCUT2D eigenvalue weighted by atomic mass is 16.8. The summed E-state index contributed by atoms with van der Waals surface area (Å²) in [5.41, 5.74) is 1.57. The van der Waals surface area contributed by atoms with Crippen LogP contribution in [-0.4, -0.2) is 29.0 Å². The molecule has 4 heteroatoms. The Morgan fingerprint density at radius 3 is 2.35 bits per heavy atom. The molecule has 1 aliphatic heterocycles. The van der Waals surface area contributed by atoms with Gasteiger partial charge < -0.3 is 19.7 Å². The maximum absolute atomic E-state index is 11.1. The van der Waals surface area contributed by atoms with Crippen molar-refractivity contribution in [3.8, 4) is 0 Å². The van der Waals surface area contributed by atoms with E-state index in [2.05, 4.69) is 0 Å². The average Bonchev–Trinajstić information content (AvgIpc) is 3.14. The van der Waals surface area contributed by atoms with Crippen LogP contribution in [0.25, 0.3) is 0 Å². The van der Waals surface area contributed by atoms with Crippen LogP contribution in [0.15, 0.2) is 60.7 Å². The van der Waals surface area contributed by atoms with E-state index in [-0.39, 0.29) is 12.2 Å². The molecule has 0 spiro atoms. The van der Waals surface area contributed by atoms with Crippen molar-refractivity contribution < 1.29 is 19.7 Å². The maximum atomic E-state index is 11.1. The zero-order valence-electron chi connectivity index (χ0n) is 15.3. The lowest BCUT2D eigenvalue weighted by molar-refractivity contribution is -0.241. The molecule has 1 fully saturated rings. The van der Waals surface area contributed by atoms with Gasteiger partial charge in [0.1, 0.15) is 6.10 Å². The maximum Gasteiger partial charge on any atom is 0.226 e. The molecule has 26 heavy (non-hydrogen) atoms. The quantitative estimate of drug-likeness (QED) is 0.752. The summed E-state index contributed by atoms with van der Waals surface area (Å²) in [5.74, 6) is -1.20. The summed E-state index contributed by atoms with van der Waals surface area (Å²) in [4.78, 5) is 0. The highest BCUT2D eigenvalue weighted by molar-refractivity contribution is 5.28. The Morgan fingerprint density at radius 2 is 1.69 bits per heavy atom. The third-order valence-electron chi connectivity index (χ3n) is 5.01. The Bertz CT molecular complexity index is 660. The van der Waals surface area contributed by atoms with Gasteiger partial charge in [0.25, 0.3) is 0 Å². The van der Waals surface area contributed by atoms with Gasteiger partial charge in [0.2, 0.25) is 5.79 Å². The molecule has 0 amide bonds. The van der Waals surface area contributed by atoms with Crippen LogP contribution < -0.4 is 0 Å². The Hall–Kier alpha value is -1.72. The van der Waals surface area contributed by atoms with Crippen LogP contribution in [0, 0.1) is 0 Å². The normalized spacial score (nSPS) is 25.1. The molecule has 0 saturated carbocycles. The molecule has 4 nitrogen and oxygen atoms in total. The third kappa shape index (κ3) is 4.15. The molecule has 1 heterocycles. The molecule has 2 N–H and O–H groups in total. The fraction of sp³-hybridized carbons (Fsp3) is 0.455. The van der Waals surface area contributed by atoms with Crippen molar-refractivity contribution >= 4 is 0 Å². The highest BCUT2D eigenvalue weighted by Gasteiger charge is 2.49. The highest BCUT2D eigenvalue weighted by Crippen LogP contribution is 2.45. The number of benzene rings is 2. The van der Waals surface area contributed by atoms with Gasteiger partial charge in [-0.1, -0.05) is 67.6 Å². The summed E-state index contributed by atoms with van der Waals surface area (Å²) in [7, 11) is 0. The Balaban J connectivity index is 1.78. The van der Waals surface area contributed by atoms with Crippen LogP contribution in [0.4, 0.5) is 0 Å². The van der Waals surface area contributed by atoms with Gasteiger partial charge in [0.15, 0.2) is 0 Å². The molecule has 4 atom stereocenters. The zero-order chi connectivity index (χ0) is 18.4. The van der Waals surface area contributed by atoms with Gasteiger partial charge in [0, 0.05) is 5.56 Å². The van der Waals surface area contributed by atoms with Crippen LogP contribution in [0.1, 0.15) is 49.8 Å². The molecule has 0 bridgehead atoms. The molecule has 0 radical (unpaired) electrons. The lowest BCUT2D eigenvalue weighted by atomic mass is 9.94. The van der Waals surface area contributed by atoms with E-state index in [0.717, 1.165) is 36.8 Å². The van der Waals surface area contributed by atoms with Crippen LogP contribution in [-0.2, 0) is 15.3 Å². The number of aliphatic hydroxyl groups is 2. The zero-order valence-corrected chi connectivity index (χ0v) is 15.3. The van der Waals surface area contributed by atoms with Gasteiger partial charge in [-0.05, 0) is 31.2 Å². The molecule has 1 saturated heterocycles. The van der Waals surface area contributed by atoms with E-state index in [0.29, 0.717) is 6.61 Å². The van der Waals surface area contributed by atoms with Crippen molar-refractivity contribution in [3.63, 3.8) is 0 Å². The van der Waals surface area contributed by atoms with Gasteiger partial charge in [0.05, 0.1) is 18.8 Å². The average molecular weight is 356 g/mol. The monoisotopic (exact) mass is 356 g/mol. The first-order chi connectivity index (χ1) is 12.7. The lowest BCUT2D eigenvalue weighted by Gasteiger charge is -2.33. The van der Waals surface area contributed by atoms with Gasteiger partial charge in [-0.2, -0.15) is 0 Å². The summed E-state index contributed by atoms with van der Waals surface area (Å²) in [6, 6.07) is 19.1. The largest absolute Gasteiger partial charge is 0.393 e. The Morgan fingerprint density at radius 1 is 1.04 bits per heavy atom. The molecule has 4 unspecified atom stereocenters. The van der Waals surface area contributed by atoms with E-state index in [1.165, 1.54) is 0 Å². The van der Waals surface area contributed by atoms with E-state index >= 15 is 0 Å². The summed E-state index contributed by atoms with van der Waals surface area (Å²) in [5, 5.41) is 20.8. The molecule has 2 aromatic carbocycles. The number of rotatable bonds is 8. The van der Waals surface area contributed by atoms with E-state index in [1.54, 1.807) is 0 Å². The van der Waals surface area contributed by atoms with E-state index in [4.69, 9.17) is 9.47 Å². The molecular weight excluding hydrogens is 328 g/mol. The van der Waals surface area contributed by atoms with Crippen molar-refractivity contribution in [1.82, 2.24) is 0 Å². The number of hydrogen-bond acceptors (Lipinski definition) is 4. The van der Waals surface area contributed by atoms with Gasteiger partial charge >= 0.3 is 0 Å². The summed E-state index contributed by atoms with van der Waals surface area (Å²) >= 11 is 0. The van der Waals surface area contributed by atoms with Crippen LogP contribution >= 0.6 is 0 Å². The first kappa shape index (κ1) is 19.1. The number of aliphatic hydroxyl groups excluding tert-OH is 2. The predicted octanol–water partition coefficient (Wildman–Crippen LogP) is 3.93. The minimum atomic E-state index is -1.20. The van der Waals surface area contributed by atoms with Gasteiger partial charge in [-0.15, -0.1) is 0 Å². The topological polar surface area (TPSA) is 58.9 Å². The fourth-order valence-electron chi connectivity index (χ4n) is 3.44. The molecule has 3 rings (SSSR count). The SMILES string of the molecule is CCC(O)CCCC1COC(c2ccccc2)(C(O)c2ccccc2)O1. The second-order valence-electron chi connectivity index (χ2n) is 6.89. The summed E-state index contributed by atoms with van der Waals surface area (Å²) in [6.45, 7) is 2.41. The van der Waals surface area contributed by atoms with Crippen molar-refractivity contribution in [2.75, 3.05) is 6.61 Å². The summed E-state index contributed by atoms with van der Waals surface area (Å²) < 4.78 is 12.4. The lowest BCUT2D eigenvalue weighted by Crippen LogP contribution is -2.35. The fourth-order valence-corrected chi connectivity index (χ4v) is 3.44. The molecule has 140 valence electrons. The summed E-state index contributed by atoms with van der Waals surface area (Å²) in [6.07, 6.45) is 1.92. The van der Waals surface area contributed by atoms with Crippen molar-refractivity contribution in [2.45, 2.75) is 56.7 Å². The minimum Gasteiger partial charge on any atom is -0.393 e. The van der Waals surface area contributed by atoms with E-state index < -0.39 is 11.9 Å². The minimum absolute atomic E-state index is 0.0994. The predicted molar refractivity (Wildman–Crippen MR) is 100 cm³/mol. The van der Waals surface area contributed by atoms with E-state index in [1.807, 2.05) is 67.6 Å². The molecule has 0 aromatic heterocycles. The van der Waals surface area contributed by atoms with Crippen LogP contribution in [0.2, 0.25) is 0 Å². The molecule has 1 aliphatic rings. The number of ether oxygens (including phenoxy) is 2. The van der Waals surface area contributed by atoms with Crippen LogP contribution in [0.5, 0.6) is 0 Å². The molecule has 0 aliphatic carbocycles. The van der Waals surface area contributed by atoms with Crippen molar-refractivity contribution in [3.05, 3.63) is 71.8 Å². The first-order valence-electron chi connectivity index (χ1n) is 9.44. The van der Waals surface area contributed by atoms with Gasteiger partial charge in [-0.25, -0.2) is 0 Å². The Labute approximate surface area is 155 Å². The van der Waals surface area contributed by atoms with Crippen molar-refractivity contribution in [2.24, 2.45) is 0 Å². The van der Waals surface area contributed by atoms with E-state index in [9.17, 15) is 10.2 Å². The second-order valence-corrected chi connectivity index (χ2v) is 6.89. The van der Waals surface area contributed by atoms with Gasteiger partial charge in [-0.3, -0.25) is 0 Å². The standard InChI is InChI=1S/C22H28O4/c1-2-19(23)14-9-15-20-16-25-22(26-20,18-12-7-4-8-13-18)21(24)17-10-5-3-6-11-17/h3-8,10-13,19-21,23-24H,2,9,14-16H2,1H3. The molecular formula is C22H28O4.